The van der Waals surface area contributed by atoms with Crippen molar-refractivity contribution >= 4 is 29.1 Å². The van der Waals surface area contributed by atoms with E-state index in [2.05, 4.69) is 15.6 Å². The summed E-state index contributed by atoms with van der Waals surface area (Å²) in [6.45, 7) is -0.783. The Labute approximate surface area is 159 Å². The number of amides is 2. The number of benzene rings is 1. The Bertz CT molecular complexity index is 836. The standard InChI is InChI=1S/C17H19N3O6S/c1-25-12-4-3-10(5-13(12)26-2)17-20-11(9-27-17)6-14(21)18-7-15(22)19-8-16(23)24/h3-5,9H,6-8H2,1-2H3,(H,18,21)(H,19,22)(H,23,24). The molecule has 0 radical (unpaired) electrons. The molecule has 0 unspecified atom stereocenters. The molecule has 3 N–H and O–H groups in total. The maximum atomic E-state index is 11.9. The number of nitrogens with zero attached hydrogens (tertiary/aromatic N) is 1. The second-order valence-electron chi connectivity index (χ2n) is 5.34. The van der Waals surface area contributed by atoms with E-state index in [9.17, 15) is 14.4 Å². The molecule has 10 heteroatoms. The van der Waals surface area contributed by atoms with E-state index in [0.29, 0.717) is 17.2 Å². The molecule has 1 heterocycles. The second kappa shape index (κ2) is 9.53. The summed E-state index contributed by atoms with van der Waals surface area (Å²) in [5, 5.41) is 15.5. The lowest BCUT2D eigenvalue weighted by Crippen LogP contribution is -2.39. The molecular weight excluding hydrogens is 374 g/mol. The van der Waals surface area contributed by atoms with Crippen LogP contribution in [0.3, 0.4) is 0 Å². The van der Waals surface area contributed by atoms with Crippen LogP contribution in [0.15, 0.2) is 23.6 Å². The molecule has 0 atom stereocenters. The summed E-state index contributed by atoms with van der Waals surface area (Å²) in [7, 11) is 3.10. The minimum absolute atomic E-state index is 0.00992. The van der Waals surface area contributed by atoms with Gasteiger partial charge in [-0.1, -0.05) is 0 Å². The minimum atomic E-state index is -1.15. The van der Waals surface area contributed by atoms with Crippen LogP contribution < -0.4 is 20.1 Å². The molecule has 0 spiro atoms. The molecule has 0 aliphatic heterocycles. The van der Waals surface area contributed by atoms with E-state index in [1.54, 1.807) is 31.7 Å². The summed E-state index contributed by atoms with van der Waals surface area (Å²) in [6.07, 6.45) is 0.00992. The van der Waals surface area contributed by atoms with Crippen molar-refractivity contribution in [2.75, 3.05) is 27.3 Å². The Morgan fingerprint density at radius 3 is 2.44 bits per heavy atom. The van der Waals surface area contributed by atoms with Crippen LogP contribution in [0, 0.1) is 0 Å². The fraction of sp³-hybridized carbons (Fsp3) is 0.294. The van der Waals surface area contributed by atoms with Gasteiger partial charge in [-0.15, -0.1) is 11.3 Å². The topological polar surface area (TPSA) is 127 Å². The Kier molecular flexibility index (Phi) is 7.12. The van der Waals surface area contributed by atoms with Crippen molar-refractivity contribution in [2.45, 2.75) is 6.42 Å². The van der Waals surface area contributed by atoms with Crippen molar-refractivity contribution in [3.8, 4) is 22.1 Å². The van der Waals surface area contributed by atoms with Crippen molar-refractivity contribution in [1.82, 2.24) is 15.6 Å². The first-order valence-electron chi connectivity index (χ1n) is 7.85. The van der Waals surface area contributed by atoms with Crippen molar-refractivity contribution in [3.05, 3.63) is 29.3 Å². The Balaban J connectivity index is 1.93. The summed E-state index contributed by atoms with van der Waals surface area (Å²) in [5.41, 5.74) is 1.39. The van der Waals surface area contributed by atoms with Gasteiger partial charge in [0.05, 0.1) is 32.9 Å². The van der Waals surface area contributed by atoms with Crippen LogP contribution in [0.2, 0.25) is 0 Å². The smallest absolute Gasteiger partial charge is 0.322 e. The SMILES string of the molecule is COc1ccc(-c2nc(CC(=O)NCC(=O)NCC(=O)O)cs2)cc1OC. The second-order valence-corrected chi connectivity index (χ2v) is 6.20. The van der Waals surface area contributed by atoms with Crippen LogP contribution in [0.25, 0.3) is 10.6 Å². The van der Waals surface area contributed by atoms with Gasteiger partial charge < -0.3 is 25.2 Å². The number of carbonyl (C=O) groups is 3. The largest absolute Gasteiger partial charge is 0.493 e. The van der Waals surface area contributed by atoms with Gasteiger partial charge in [-0.05, 0) is 18.2 Å². The van der Waals surface area contributed by atoms with E-state index < -0.39 is 18.4 Å². The molecular formula is C17H19N3O6S. The average molecular weight is 393 g/mol. The maximum Gasteiger partial charge on any atom is 0.322 e. The van der Waals surface area contributed by atoms with Gasteiger partial charge in [0.2, 0.25) is 11.8 Å². The molecule has 9 nitrogen and oxygen atoms in total. The molecule has 27 heavy (non-hydrogen) atoms. The molecule has 0 aliphatic rings. The van der Waals surface area contributed by atoms with Gasteiger partial charge in [0.1, 0.15) is 11.6 Å². The zero-order valence-corrected chi connectivity index (χ0v) is 15.6. The Morgan fingerprint density at radius 1 is 1.07 bits per heavy atom. The third kappa shape index (κ3) is 5.96. The summed E-state index contributed by atoms with van der Waals surface area (Å²) in [6, 6.07) is 5.42. The number of aromatic nitrogens is 1. The molecule has 0 aliphatic carbocycles. The highest BCUT2D eigenvalue weighted by Crippen LogP contribution is 2.33. The van der Waals surface area contributed by atoms with Crippen molar-refractivity contribution in [2.24, 2.45) is 0 Å². The monoisotopic (exact) mass is 393 g/mol. The van der Waals surface area contributed by atoms with Crippen LogP contribution in [0.5, 0.6) is 11.5 Å². The van der Waals surface area contributed by atoms with E-state index in [4.69, 9.17) is 14.6 Å². The molecule has 0 fully saturated rings. The predicted molar refractivity (Wildman–Crippen MR) is 98.0 cm³/mol. The highest BCUT2D eigenvalue weighted by Gasteiger charge is 2.12. The van der Waals surface area contributed by atoms with Crippen LogP contribution in [0.4, 0.5) is 0 Å². The van der Waals surface area contributed by atoms with Crippen LogP contribution in [-0.4, -0.2) is 55.2 Å². The van der Waals surface area contributed by atoms with Crippen LogP contribution in [0.1, 0.15) is 5.69 Å². The van der Waals surface area contributed by atoms with Crippen LogP contribution in [-0.2, 0) is 20.8 Å². The first-order valence-corrected chi connectivity index (χ1v) is 8.73. The van der Waals surface area contributed by atoms with Gasteiger partial charge in [0.25, 0.3) is 0 Å². The molecule has 144 valence electrons. The number of rotatable bonds is 9. The quantitative estimate of drug-likeness (QED) is 0.572. The zero-order valence-electron chi connectivity index (χ0n) is 14.8. The molecule has 0 saturated heterocycles. The summed E-state index contributed by atoms with van der Waals surface area (Å²) < 4.78 is 10.5. The highest BCUT2D eigenvalue weighted by atomic mass is 32.1. The van der Waals surface area contributed by atoms with Crippen molar-refractivity contribution in [3.63, 3.8) is 0 Å². The Hall–Kier alpha value is -3.14. The molecule has 1 aromatic carbocycles. The maximum absolute atomic E-state index is 11.9. The molecule has 0 saturated carbocycles. The lowest BCUT2D eigenvalue weighted by molar-refractivity contribution is -0.137. The predicted octanol–water partition coefficient (Wildman–Crippen LogP) is 0.687. The number of aliphatic carboxylic acids is 1. The molecule has 2 amide bonds. The average Bonchev–Trinajstić information content (AvgIpc) is 3.12. The van der Waals surface area contributed by atoms with Gasteiger partial charge in [0, 0.05) is 10.9 Å². The third-order valence-corrected chi connectivity index (χ3v) is 4.35. The van der Waals surface area contributed by atoms with E-state index in [0.717, 1.165) is 10.6 Å². The number of ether oxygens (including phenoxy) is 2. The summed E-state index contributed by atoms with van der Waals surface area (Å²) in [4.78, 5) is 38.1. The van der Waals surface area contributed by atoms with Crippen molar-refractivity contribution in [1.29, 1.82) is 0 Å². The first kappa shape index (κ1) is 20.2. The zero-order chi connectivity index (χ0) is 19.8. The molecule has 2 aromatic rings. The Morgan fingerprint density at radius 2 is 1.78 bits per heavy atom. The number of carboxylic acid groups (broad SMARTS) is 1. The van der Waals surface area contributed by atoms with E-state index >= 15 is 0 Å². The summed E-state index contributed by atoms with van der Waals surface area (Å²) in [5.74, 6) is -0.921. The normalized spacial score (nSPS) is 10.1. The third-order valence-electron chi connectivity index (χ3n) is 3.41. The number of methoxy groups -OCH3 is 2. The fourth-order valence-electron chi connectivity index (χ4n) is 2.13. The van der Waals surface area contributed by atoms with E-state index in [1.165, 1.54) is 11.3 Å². The van der Waals surface area contributed by atoms with Gasteiger partial charge in [-0.2, -0.15) is 0 Å². The molecule has 2 rings (SSSR count). The number of nitrogens with one attached hydrogen (secondary N) is 2. The van der Waals surface area contributed by atoms with Crippen molar-refractivity contribution < 1.29 is 29.0 Å². The number of hydrogen-bond donors (Lipinski definition) is 3. The minimum Gasteiger partial charge on any atom is -0.493 e. The lowest BCUT2D eigenvalue weighted by Gasteiger charge is -2.08. The van der Waals surface area contributed by atoms with Crippen LogP contribution >= 0.6 is 11.3 Å². The van der Waals surface area contributed by atoms with E-state index in [-0.39, 0.29) is 18.9 Å². The van der Waals surface area contributed by atoms with Gasteiger partial charge >= 0.3 is 5.97 Å². The number of carboxylic acids is 1. The molecule has 0 bridgehead atoms. The highest BCUT2D eigenvalue weighted by molar-refractivity contribution is 7.13. The number of hydrogen-bond acceptors (Lipinski definition) is 7. The van der Waals surface area contributed by atoms with Gasteiger partial charge in [-0.25, -0.2) is 4.98 Å². The number of thiazole rings is 1. The van der Waals surface area contributed by atoms with Gasteiger partial charge in [-0.3, -0.25) is 14.4 Å². The lowest BCUT2D eigenvalue weighted by atomic mass is 10.2. The van der Waals surface area contributed by atoms with Gasteiger partial charge in [0.15, 0.2) is 11.5 Å². The molecule has 1 aromatic heterocycles. The van der Waals surface area contributed by atoms with E-state index in [1.807, 2.05) is 6.07 Å². The first-order chi connectivity index (χ1) is 12.9. The number of carbonyl (C=O) groups excluding carboxylic acids is 2. The fourth-order valence-corrected chi connectivity index (χ4v) is 2.95. The summed E-state index contributed by atoms with van der Waals surface area (Å²) >= 11 is 1.38.